The lowest BCUT2D eigenvalue weighted by Crippen LogP contribution is -1.94. The molecule has 0 saturated heterocycles. The number of halogens is 1. The van der Waals surface area contributed by atoms with Gasteiger partial charge in [0.15, 0.2) is 0 Å². The predicted octanol–water partition coefficient (Wildman–Crippen LogP) is 3.53. The van der Waals surface area contributed by atoms with E-state index in [0.29, 0.717) is 0 Å². The molecular formula is C10H14BrN. The average Bonchev–Trinajstić information content (AvgIpc) is 2.16. The van der Waals surface area contributed by atoms with Gasteiger partial charge in [0.05, 0.1) is 5.69 Å². The topological polar surface area (TPSA) is 12.0 Å². The Bertz CT molecular complexity index is 236. The average molecular weight is 228 g/mol. The van der Waals surface area contributed by atoms with Crippen molar-refractivity contribution in [3.05, 3.63) is 29.3 Å². The van der Waals surface area contributed by atoms with Crippen molar-refractivity contribution < 1.29 is 0 Å². The van der Waals surface area contributed by atoms with Gasteiger partial charge in [-0.2, -0.15) is 0 Å². The van der Waals surface area contributed by atoms with Gasteiger partial charge in [-0.15, -0.1) is 0 Å². The van der Waals surface area contributed by atoms with Gasteiger partial charge < -0.3 is 4.34 Å². The van der Waals surface area contributed by atoms with Gasteiger partial charge in [0.2, 0.25) is 0 Å². The maximum absolute atomic E-state index is 3.29. The van der Waals surface area contributed by atoms with E-state index in [-0.39, 0.29) is 0 Å². The Kier molecular flexibility index (Phi) is 3.60. The summed E-state index contributed by atoms with van der Waals surface area (Å²) in [5.74, 6) is 0. The minimum absolute atomic E-state index is 1.07. The maximum atomic E-state index is 3.29. The van der Waals surface area contributed by atoms with E-state index in [4.69, 9.17) is 0 Å². The van der Waals surface area contributed by atoms with Crippen LogP contribution < -0.4 is 4.34 Å². The van der Waals surface area contributed by atoms with Crippen molar-refractivity contribution in [2.75, 3.05) is 4.34 Å². The van der Waals surface area contributed by atoms with Crippen molar-refractivity contribution in [1.29, 1.82) is 0 Å². The molecule has 0 saturated carbocycles. The monoisotopic (exact) mass is 227 g/mol. The van der Waals surface area contributed by atoms with E-state index >= 15 is 0 Å². The number of aryl methyl sites for hydroxylation is 2. The molecule has 0 aromatic heterocycles. The van der Waals surface area contributed by atoms with Crippen molar-refractivity contribution in [2.45, 2.75) is 26.7 Å². The smallest absolute Gasteiger partial charge is 0.0505 e. The molecule has 0 bridgehead atoms. The van der Waals surface area contributed by atoms with Crippen molar-refractivity contribution in [3.63, 3.8) is 0 Å². The van der Waals surface area contributed by atoms with Crippen LogP contribution in [-0.2, 0) is 12.8 Å². The molecule has 1 aromatic rings. The number of hydrogen-bond acceptors (Lipinski definition) is 1. The van der Waals surface area contributed by atoms with Crippen molar-refractivity contribution in [3.8, 4) is 0 Å². The number of anilines is 1. The third kappa shape index (κ3) is 1.81. The first-order valence-electron chi connectivity index (χ1n) is 4.30. The highest BCUT2D eigenvalue weighted by molar-refractivity contribution is 9.10. The molecule has 0 radical (unpaired) electrons. The molecule has 1 nitrogen and oxygen atoms in total. The third-order valence-corrected chi connectivity index (χ3v) is 2.49. The molecule has 0 unspecified atom stereocenters. The number of rotatable bonds is 3. The van der Waals surface area contributed by atoms with Gasteiger partial charge in [-0.1, -0.05) is 32.0 Å². The van der Waals surface area contributed by atoms with Gasteiger partial charge in [0.25, 0.3) is 0 Å². The first-order valence-corrected chi connectivity index (χ1v) is 5.10. The van der Waals surface area contributed by atoms with Gasteiger partial charge in [0.1, 0.15) is 0 Å². The molecule has 0 spiro atoms. The fraction of sp³-hybridized carbons (Fsp3) is 0.400. The summed E-state index contributed by atoms with van der Waals surface area (Å²) in [6.07, 6.45) is 2.14. The highest BCUT2D eigenvalue weighted by atomic mass is 79.9. The quantitative estimate of drug-likeness (QED) is 0.780. The van der Waals surface area contributed by atoms with Crippen LogP contribution in [0.25, 0.3) is 0 Å². The minimum atomic E-state index is 1.07. The lowest BCUT2D eigenvalue weighted by molar-refractivity contribution is 1.09. The summed E-state index contributed by atoms with van der Waals surface area (Å²) in [5.41, 5.74) is 3.97. The molecule has 66 valence electrons. The van der Waals surface area contributed by atoms with Crippen LogP contribution in [0.15, 0.2) is 18.2 Å². The molecule has 0 amide bonds. The van der Waals surface area contributed by atoms with Gasteiger partial charge in [-0.3, -0.25) is 0 Å². The highest BCUT2D eigenvalue weighted by Crippen LogP contribution is 2.23. The van der Waals surface area contributed by atoms with E-state index in [1.165, 1.54) is 16.8 Å². The second-order valence-corrected chi connectivity index (χ2v) is 3.15. The normalized spacial score (nSPS) is 9.92. The Hall–Kier alpha value is -0.500. The molecule has 0 fully saturated rings. The Morgan fingerprint density at radius 1 is 1.17 bits per heavy atom. The number of hydrogen-bond donors (Lipinski definition) is 1. The van der Waals surface area contributed by atoms with Gasteiger partial charge in [-0.25, -0.2) is 0 Å². The van der Waals surface area contributed by atoms with Crippen molar-refractivity contribution in [1.82, 2.24) is 0 Å². The summed E-state index contributed by atoms with van der Waals surface area (Å²) < 4.78 is 3.08. The van der Waals surface area contributed by atoms with E-state index in [9.17, 15) is 0 Å². The summed E-state index contributed by atoms with van der Waals surface area (Å²) in [5, 5.41) is 0. The first-order chi connectivity index (χ1) is 5.83. The maximum Gasteiger partial charge on any atom is 0.0505 e. The summed E-state index contributed by atoms with van der Waals surface area (Å²) >= 11 is 3.29. The largest absolute Gasteiger partial charge is 0.322 e. The lowest BCUT2D eigenvalue weighted by Gasteiger charge is -2.10. The molecule has 12 heavy (non-hydrogen) atoms. The van der Waals surface area contributed by atoms with Gasteiger partial charge in [-0.05, 0) is 24.0 Å². The van der Waals surface area contributed by atoms with E-state index in [1.54, 1.807) is 0 Å². The molecule has 0 aliphatic rings. The minimum Gasteiger partial charge on any atom is -0.322 e. The highest BCUT2D eigenvalue weighted by Gasteiger charge is 2.02. The predicted molar refractivity (Wildman–Crippen MR) is 57.7 cm³/mol. The van der Waals surface area contributed by atoms with Crippen molar-refractivity contribution in [2.24, 2.45) is 0 Å². The molecule has 1 aromatic carbocycles. The molecule has 0 heterocycles. The number of nitrogens with one attached hydrogen (secondary N) is 1. The van der Waals surface area contributed by atoms with Crippen LogP contribution in [0.3, 0.4) is 0 Å². The van der Waals surface area contributed by atoms with Crippen LogP contribution in [-0.4, -0.2) is 0 Å². The van der Waals surface area contributed by atoms with Crippen LogP contribution in [0, 0.1) is 0 Å². The molecule has 0 atom stereocenters. The van der Waals surface area contributed by atoms with Crippen LogP contribution >= 0.6 is 16.1 Å². The summed E-state index contributed by atoms with van der Waals surface area (Å²) in [6.45, 7) is 4.34. The summed E-state index contributed by atoms with van der Waals surface area (Å²) in [4.78, 5) is 0. The third-order valence-electron chi connectivity index (χ3n) is 2.09. The molecule has 1 rings (SSSR count). The van der Waals surface area contributed by atoms with E-state index < -0.39 is 0 Å². The molecule has 1 N–H and O–H groups in total. The van der Waals surface area contributed by atoms with Crippen LogP contribution in [0.2, 0.25) is 0 Å². The molecule has 0 aliphatic heterocycles. The summed E-state index contributed by atoms with van der Waals surface area (Å²) in [6, 6.07) is 6.43. The van der Waals surface area contributed by atoms with Gasteiger partial charge in [0, 0.05) is 16.1 Å². The number of para-hydroxylation sites is 1. The number of benzene rings is 1. The second-order valence-electron chi connectivity index (χ2n) is 2.75. The fourth-order valence-corrected chi connectivity index (χ4v) is 1.87. The Balaban J connectivity index is 3.13. The molecular weight excluding hydrogens is 214 g/mol. The first kappa shape index (κ1) is 9.59. The van der Waals surface area contributed by atoms with Crippen LogP contribution in [0.1, 0.15) is 25.0 Å². The van der Waals surface area contributed by atoms with E-state index in [2.05, 4.69) is 52.5 Å². The van der Waals surface area contributed by atoms with Gasteiger partial charge >= 0.3 is 0 Å². The van der Waals surface area contributed by atoms with Crippen LogP contribution in [0.4, 0.5) is 5.69 Å². The SMILES string of the molecule is CCc1cccc(CC)c1NBr. The Morgan fingerprint density at radius 2 is 1.67 bits per heavy atom. The molecule has 2 heteroatoms. The Labute approximate surface area is 82.5 Å². The fourth-order valence-electron chi connectivity index (χ4n) is 1.36. The second kappa shape index (κ2) is 4.51. The van der Waals surface area contributed by atoms with E-state index in [0.717, 1.165) is 12.8 Å². The summed E-state index contributed by atoms with van der Waals surface area (Å²) in [7, 11) is 0. The van der Waals surface area contributed by atoms with E-state index in [1.807, 2.05) is 0 Å². The zero-order chi connectivity index (χ0) is 8.97. The standard InChI is InChI=1S/C10H14BrN/c1-3-8-6-5-7-9(4-2)10(8)12-11/h5-7,12H,3-4H2,1-2H3. The molecule has 0 aliphatic carbocycles. The van der Waals surface area contributed by atoms with Crippen molar-refractivity contribution >= 4 is 21.8 Å². The lowest BCUT2D eigenvalue weighted by atomic mass is 10.0. The zero-order valence-corrected chi connectivity index (χ0v) is 9.11. The zero-order valence-electron chi connectivity index (χ0n) is 7.52. The van der Waals surface area contributed by atoms with Crippen LogP contribution in [0.5, 0.6) is 0 Å². The Morgan fingerprint density at radius 3 is 2.00 bits per heavy atom.